The number of piperidine rings is 1. The average molecular weight is 314 g/mol. The predicted molar refractivity (Wildman–Crippen MR) is 89.0 cm³/mol. The number of ether oxygens (including phenoxy) is 1. The summed E-state index contributed by atoms with van der Waals surface area (Å²) >= 11 is 2.05. The fourth-order valence-corrected chi connectivity index (χ4v) is 4.39. The monoisotopic (exact) mass is 314 g/mol. The molecule has 0 bridgehead atoms. The Morgan fingerprint density at radius 1 is 1.29 bits per heavy atom. The van der Waals surface area contributed by atoms with E-state index >= 15 is 0 Å². The van der Waals surface area contributed by atoms with Gasteiger partial charge in [0.15, 0.2) is 0 Å². The van der Waals surface area contributed by atoms with E-state index in [1.807, 2.05) is 23.6 Å². The minimum atomic E-state index is -0.149. The van der Waals surface area contributed by atoms with Gasteiger partial charge in [0.2, 0.25) is 0 Å². The Bertz CT molecular complexity index is 324. The van der Waals surface area contributed by atoms with Gasteiger partial charge in [0.25, 0.3) is 0 Å². The van der Waals surface area contributed by atoms with E-state index in [2.05, 4.69) is 11.6 Å². The third kappa shape index (κ3) is 4.78. The highest BCUT2D eigenvalue weighted by Crippen LogP contribution is 2.38. The quantitative estimate of drug-likeness (QED) is 0.846. The Morgan fingerprint density at radius 3 is 2.52 bits per heavy atom. The molecule has 1 aliphatic carbocycles. The highest BCUT2D eigenvalue weighted by Gasteiger charge is 2.32. The van der Waals surface area contributed by atoms with E-state index in [1.54, 1.807) is 0 Å². The number of nitrogens with zero attached hydrogens (tertiary/aromatic N) is 1. The van der Waals surface area contributed by atoms with E-state index in [-0.39, 0.29) is 6.09 Å². The molecule has 5 heteroatoms. The first kappa shape index (κ1) is 16.9. The molecule has 0 aromatic carbocycles. The summed E-state index contributed by atoms with van der Waals surface area (Å²) in [7, 11) is 0. The Morgan fingerprint density at radius 2 is 1.95 bits per heavy atom. The number of likely N-dealkylation sites (tertiary alicyclic amines) is 1. The normalized spacial score (nSPS) is 23.0. The van der Waals surface area contributed by atoms with E-state index in [0.29, 0.717) is 17.4 Å². The summed E-state index contributed by atoms with van der Waals surface area (Å²) in [6.45, 7) is 5.09. The summed E-state index contributed by atoms with van der Waals surface area (Å²) < 4.78 is 5.52. The average Bonchev–Trinajstić information content (AvgIpc) is 2.54. The number of hydrogen-bond donors (Lipinski definition) is 1. The van der Waals surface area contributed by atoms with Crippen LogP contribution in [0.4, 0.5) is 4.79 Å². The van der Waals surface area contributed by atoms with E-state index in [0.717, 1.165) is 32.5 Å². The number of carbonyl (C=O) groups is 1. The van der Waals surface area contributed by atoms with Crippen molar-refractivity contribution in [2.24, 2.45) is 0 Å². The zero-order valence-electron chi connectivity index (χ0n) is 13.5. The molecule has 2 fully saturated rings. The van der Waals surface area contributed by atoms with Gasteiger partial charge < -0.3 is 15.0 Å². The third-order valence-electron chi connectivity index (χ3n) is 4.93. The lowest BCUT2D eigenvalue weighted by molar-refractivity contribution is 0.0948. The summed E-state index contributed by atoms with van der Waals surface area (Å²) in [5, 5.41) is 3.77. The second-order valence-corrected chi connectivity index (χ2v) is 7.56. The molecule has 2 aliphatic rings. The lowest BCUT2D eigenvalue weighted by atomic mass is 9.88. The van der Waals surface area contributed by atoms with Crippen molar-refractivity contribution < 1.29 is 9.53 Å². The van der Waals surface area contributed by atoms with Gasteiger partial charge in [-0.25, -0.2) is 4.79 Å². The Labute approximate surface area is 133 Å². The molecule has 1 aliphatic heterocycles. The van der Waals surface area contributed by atoms with Crippen molar-refractivity contribution in [3.63, 3.8) is 0 Å². The van der Waals surface area contributed by atoms with Crippen molar-refractivity contribution in [1.82, 2.24) is 10.2 Å². The second kappa shape index (κ2) is 8.28. The molecular formula is C16H30N2O2S. The zero-order valence-corrected chi connectivity index (χ0v) is 14.3. The van der Waals surface area contributed by atoms with Gasteiger partial charge in [0.05, 0.1) is 6.61 Å². The highest BCUT2D eigenvalue weighted by molar-refractivity contribution is 8.00. The lowest BCUT2D eigenvalue weighted by Gasteiger charge is -2.39. The topological polar surface area (TPSA) is 41.6 Å². The highest BCUT2D eigenvalue weighted by atomic mass is 32.2. The lowest BCUT2D eigenvalue weighted by Crippen LogP contribution is -2.49. The molecular weight excluding hydrogens is 284 g/mol. The Kier molecular flexibility index (Phi) is 6.68. The molecule has 1 saturated heterocycles. The van der Waals surface area contributed by atoms with E-state index in [4.69, 9.17) is 4.74 Å². The minimum absolute atomic E-state index is 0.149. The first-order valence-electron chi connectivity index (χ1n) is 8.39. The van der Waals surface area contributed by atoms with Gasteiger partial charge >= 0.3 is 6.09 Å². The molecule has 0 unspecified atom stereocenters. The van der Waals surface area contributed by atoms with Gasteiger partial charge in [-0.3, -0.25) is 0 Å². The molecule has 0 atom stereocenters. The van der Waals surface area contributed by atoms with E-state index in [9.17, 15) is 4.79 Å². The molecule has 0 aromatic heterocycles. The molecule has 1 N–H and O–H groups in total. The maximum Gasteiger partial charge on any atom is 0.409 e. The van der Waals surface area contributed by atoms with E-state index in [1.165, 1.54) is 32.1 Å². The molecule has 21 heavy (non-hydrogen) atoms. The van der Waals surface area contributed by atoms with Crippen LogP contribution >= 0.6 is 11.8 Å². The van der Waals surface area contributed by atoms with Crippen molar-refractivity contribution in [2.45, 2.75) is 62.7 Å². The van der Waals surface area contributed by atoms with Crippen molar-refractivity contribution in [3.8, 4) is 0 Å². The maximum absolute atomic E-state index is 11.7. The van der Waals surface area contributed by atoms with Gasteiger partial charge in [0, 0.05) is 30.4 Å². The predicted octanol–water partition coefficient (Wildman–Crippen LogP) is 3.26. The van der Waals surface area contributed by atoms with Crippen molar-refractivity contribution in [2.75, 3.05) is 32.5 Å². The van der Waals surface area contributed by atoms with Gasteiger partial charge in [-0.1, -0.05) is 19.3 Å². The van der Waals surface area contributed by atoms with Crippen LogP contribution in [0.2, 0.25) is 0 Å². The van der Waals surface area contributed by atoms with Crippen molar-refractivity contribution >= 4 is 17.9 Å². The third-order valence-corrected chi connectivity index (χ3v) is 6.35. The number of amides is 1. The van der Waals surface area contributed by atoms with Gasteiger partial charge in [-0.05, 0) is 38.9 Å². The van der Waals surface area contributed by atoms with Crippen LogP contribution in [-0.2, 0) is 4.74 Å². The van der Waals surface area contributed by atoms with Crippen LogP contribution in [0.5, 0.6) is 0 Å². The molecule has 0 spiro atoms. The summed E-state index contributed by atoms with van der Waals surface area (Å²) in [6, 6.07) is 0.557. The van der Waals surface area contributed by atoms with Gasteiger partial charge in [0.1, 0.15) is 0 Å². The van der Waals surface area contributed by atoms with Crippen LogP contribution in [-0.4, -0.2) is 54.3 Å². The summed E-state index contributed by atoms with van der Waals surface area (Å²) in [5.41, 5.74) is 0. The number of hydrogen-bond acceptors (Lipinski definition) is 4. The number of nitrogens with one attached hydrogen (secondary N) is 1. The smallest absolute Gasteiger partial charge is 0.409 e. The van der Waals surface area contributed by atoms with E-state index < -0.39 is 0 Å². The van der Waals surface area contributed by atoms with Gasteiger partial charge in [-0.2, -0.15) is 11.8 Å². The van der Waals surface area contributed by atoms with Crippen LogP contribution in [0.15, 0.2) is 0 Å². The standard InChI is InChI=1S/C16H30N2O2S/c1-3-20-15(19)18-11-7-14(8-12-18)17-13-16(21-2)9-5-4-6-10-16/h14,17H,3-13H2,1-2H3. The first-order valence-corrected chi connectivity index (χ1v) is 9.62. The zero-order chi connectivity index (χ0) is 15.1. The van der Waals surface area contributed by atoms with Crippen LogP contribution in [0.3, 0.4) is 0 Å². The van der Waals surface area contributed by atoms with Crippen LogP contribution < -0.4 is 5.32 Å². The summed E-state index contributed by atoms with van der Waals surface area (Å²) in [6.07, 6.45) is 11.1. The first-order chi connectivity index (χ1) is 10.2. The van der Waals surface area contributed by atoms with Crippen molar-refractivity contribution in [3.05, 3.63) is 0 Å². The van der Waals surface area contributed by atoms with Gasteiger partial charge in [-0.15, -0.1) is 0 Å². The molecule has 2 rings (SSSR count). The summed E-state index contributed by atoms with van der Waals surface area (Å²) in [5.74, 6) is 0. The molecule has 1 heterocycles. The number of carbonyl (C=O) groups excluding carboxylic acids is 1. The summed E-state index contributed by atoms with van der Waals surface area (Å²) in [4.78, 5) is 13.5. The largest absolute Gasteiger partial charge is 0.450 e. The second-order valence-electron chi connectivity index (χ2n) is 6.29. The fraction of sp³-hybridized carbons (Fsp3) is 0.938. The minimum Gasteiger partial charge on any atom is -0.450 e. The Balaban J connectivity index is 1.72. The Hall–Kier alpha value is -0.420. The number of rotatable bonds is 5. The fourth-order valence-electron chi connectivity index (χ4n) is 3.46. The maximum atomic E-state index is 11.7. The molecule has 0 radical (unpaired) electrons. The van der Waals surface area contributed by atoms with Crippen LogP contribution in [0, 0.1) is 0 Å². The molecule has 1 amide bonds. The SMILES string of the molecule is CCOC(=O)N1CCC(NCC2(SC)CCCCC2)CC1. The molecule has 0 aromatic rings. The molecule has 4 nitrogen and oxygen atoms in total. The molecule has 1 saturated carbocycles. The van der Waals surface area contributed by atoms with Crippen LogP contribution in [0.25, 0.3) is 0 Å². The number of thioether (sulfide) groups is 1. The van der Waals surface area contributed by atoms with Crippen LogP contribution in [0.1, 0.15) is 51.9 Å². The van der Waals surface area contributed by atoms with Crippen molar-refractivity contribution in [1.29, 1.82) is 0 Å². The molecule has 122 valence electrons.